The Morgan fingerprint density at radius 2 is 1.89 bits per heavy atom. The van der Waals surface area contributed by atoms with Gasteiger partial charge in [0, 0.05) is 25.2 Å². The lowest BCUT2D eigenvalue weighted by Gasteiger charge is -2.26. The maximum absolute atomic E-state index is 12.3. The Morgan fingerprint density at radius 3 is 2.61 bits per heavy atom. The summed E-state index contributed by atoms with van der Waals surface area (Å²) >= 11 is 0. The van der Waals surface area contributed by atoms with Crippen molar-refractivity contribution >= 4 is 26.8 Å². The Bertz CT molecular complexity index is 1070. The van der Waals surface area contributed by atoms with Gasteiger partial charge in [-0.1, -0.05) is 55.0 Å². The van der Waals surface area contributed by atoms with Crippen LogP contribution in [0, 0.1) is 12.8 Å². The van der Waals surface area contributed by atoms with Crippen LogP contribution in [0.5, 0.6) is 5.75 Å². The number of esters is 1. The van der Waals surface area contributed by atoms with E-state index in [4.69, 9.17) is 18.5 Å². The van der Waals surface area contributed by atoms with Crippen molar-refractivity contribution in [3.05, 3.63) is 78.0 Å². The zero-order valence-corrected chi connectivity index (χ0v) is 22.6. The first-order chi connectivity index (χ1) is 18.3. The Hall–Kier alpha value is -3.30. The fourth-order valence-electron chi connectivity index (χ4n) is 3.77. The third kappa shape index (κ3) is 9.87. The number of ether oxygens (including phenoxy) is 2. The van der Waals surface area contributed by atoms with E-state index in [0.29, 0.717) is 12.2 Å². The zero-order valence-electron chi connectivity index (χ0n) is 21.7. The molecule has 0 radical (unpaired) electrons. The van der Waals surface area contributed by atoms with E-state index >= 15 is 0 Å². The highest BCUT2D eigenvalue weighted by molar-refractivity contribution is 7.45. The third-order valence-corrected chi connectivity index (χ3v) is 6.88. The summed E-state index contributed by atoms with van der Waals surface area (Å²) in [6.45, 7) is 4.39. The van der Waals surface area contributed by atoms with Gasteiger partial charge < -0.3 is 23.4 Å². The maximum atomic E-state index is 12.3. The van der Waals surface area contributed by atoms with Gasteiger partial charge in [0.05, 0.1) is 12.7 Å². The van der Waals surface area contributed by atoms with Crippen LogP contribution in [0.1, 0.15) is 24.5 Å². The number of carbonyl (C=O) groups excluding carboxylic acids is 3. The van der Waals surface area contributed by atoms with Crippen molar-refractivity contribution in [1.29, 1.82) is 0 Å². The molecule has 1 saturated heterocycles. The normalized spacial score (nSPS) is 19.6. The van der Waals surface area contributed by atoms with Crippen molar-refractivity contribution in [2.45, 2.75) is 39.2 Å². The molecule has 0 bridgehead atoms. The number of rotatable bonds is 14. The molecule has 0 aliphatic carbocycles. The van der Waals surface area contributed by atoms with E-state index in [1.54, 1.807) is 18.1 Å². The molecule has 204 valence electrons. The van der Waals surface area contributed by atoms with Crippen molar-refractivity contribution in [3.8, 4) is 5.75 Å². The van der Waals surface area contributed by atoms with Crippen LogP contribution in [0.3, 0.4) is 0 Å². The number of benzene rings is 2. The predicted molar refractivity (Wildman–Crippen MR) is 142 cm³/mol. The number of nitrogens with one attached hydrogen (secondary N) is 2. The predicted octanol–water partition coefficient (Wildman–Crippen LogP) is 3.42. The van der Waals surface area contributed by atoms with Crippen LogP contribution in [0.25, 0.3) is 0 Å². The summed E-state index contributed by atoms with van der Waals surface area (Å²) in [7, 11) is 0.129. The summed E-state index contributed by atoms with van der Waals surface area (Å²) < 4.78 is 23.5. The van der Waals surface area contributed by atoms with Crippen LogP contribution in [-0.4, -0.2) is 55.7 Å². The van der Waals surface area contributed by atoms with Gasteiger partial charge in [-0.2, -0.15) is 0 Å². The average Bonchev–Trinajstić information content (AvgIpc) is 3.30. The van der Waals surface area contributed by atoms with Gasteiger partial charge in [0.15, 0.2) is 0 Å². The highest BCUT2D eigenvalue weighted by atomic mass is 31.2. The summed E-state index contributed by atoms with van der Waals surface area (Å²) in [6, 6.07) is 17.0. The van der Waals surface area contributed by atoms with E-state index < -0.39 is 20.4 Å². The van der Waals surface area contributed by atoms with E-state index in [2.05, 4.69) is 10.4 Å². The van der Waals surface area contributed by atoms with Gasteiger partial charge in [-0.05, 0) is 31.0 Å². The molecule has 4 atom stereocenters. The lowest BCUT2D eigenvalue weighted by molar-refractivity contribution is -0.143. The van der Waals surface area contributed by atoms with E-state index in [1.807, 2.05) is 68.4 Å². The van der Waals surface area contributed by atoms with E-state index in [-0.39, 0.29) is 38.0 Å². The standard InChI is InChI=1S/C27H34N3O7P/c1-20-9-11-23(12-10-20)37-38(29-16-26(33)34-17-22-7-5-4-6-8-22)35-18-24-15-21(2)27(36-24)30(3)14-13-25(32)28-19-31/h4-14,19,21,24,27,29H,15-18H2,1-3H3,(H,28,31,32)/b14-13-. The molecule has 1 aliphatic rings. The monoisotopic (exact) mass is 543 g/mol. The van der Waals surface area contributed by atoms with Crippen LogP contribution in [0.2, 0.25) is 0 Å². The summed E-state index contributed by atoms with van der Waals surface area (Å²) in [5, 5.41) is 5.09. The molecule has 0 saturated carbocycles. The topological polar surface area (TPSA) is 115 Å². The summed E-state index contributed by atoms with van der Waals surface area (Å²) in [4.78, 5) is 36.0. The van der Waals surface area contributed by atoms with E-state index in [0.717, 1.165) is 17.5 Å². The largest absolute Gasteiger partial charge is 0.460 e. The number of hydrogen-bond donors (Lipinski definition) is 2. The highest BCUT2D eigenvalue weighted by Crippen LogP contribution is 2.37. The fourth-order valence-corrected chi connectivity index (χ4v) is 4.85. The Labute approximate surface area is 224 Å². The molecule has 1 heterocycles. The summed E-state index contributed by atoms with van der Waals surface area (Å²) in [6.07, 6.45) is 3.42. The van der Waals surface area contributed by atoms with Gasteiger partial charge in [-0.25, -0.2) is 5.09 Å². The van der Waals surface area contributed by atoms with Gasteiger partial charge in [0.1, 0.15) is 25.1 Å². The maximum Gasteiger partial charge on any atom is 0.320 e. The van der Waals surface area contributed by atoms with Gasteiger partial charge in [-0.3, -0.25) is 19.7 Å². The number of amides is 2. The van der Waals surface area contributed by atoms with Gasteiger partial charge in [0.25, 0.3) is 5.91 Å². The minimum Gasteiger partial charge on any atom is -0.460 e. The smallest absolute Gasteiger partial charge is 0.320 e. The minimum absolute atomic E-state index is 0.0780. The SMILES string of the molecule is Cc1ccc(OP(NCC(=O)OCc2ccccc2)OCC2CC(C)C(N(C)/C=C\C(=O)NC=O)O2)cc1. The van der Waals surface area contributed by atoms with E-state index in [9.17, 15) is 14.4 Å². The number of nitrogens with zero attached hydrogens (tertiary/aromatic N) is 1. The molecule has 3 rings (SSSR count). The van der Waals surface area contributed by atoms with Crippen LogP contribution in [0.4, 0.5) is 0 Å². The Morgan fingerprint density at radius 1 is 1.16 bits per heavy atom. The molecule has 2 N–H and O–H groups in total. The van der Waals surface area contributed by atoms with Crippen LogP contribution < -0.4 is 14.9 Å². The number of aryl methyl sites for hydroxylation is 1. The van der Waals surface area contributed by atoms with Gasteiger partial charge >= 0.3 is 14.5 Å². The Balaban J connectivity index is 1.52. The Kier molecular flexibility index (Phi) is 11.7. The van der Waals surface area contributed by atoms with Gasteiger partial charge in [0.2, 0.25) is 6.41 Å². The molecular weight excluding hydrogens is 509 g/mol. The summed E-state index contributed by atoms with van der Waals surface area (Å²) in [5.41, 5.74) is 2.00. The lowest BCUT2D eigenvalue weighted by atomic mass is 10.1. The average molecular weight is 544 g/mol. The lowest BCUT2D eigenvalue weighted by Crippen LogP contribution is -2.32. The second-order valence-corrected chi connectivity index (χ2v) is 10.2. The number of imide groups is 1. The molecular formula is C27H34N3O7P. The molecule has 2 aromatic carbocycles. The molecule has 1 aliphatic heterocycles. The van der Waals surface area contributed by atoms with E-state index in [1.165, 1.54) is 6.08 Å². The minimum atomic E-state index is -1.67. The third-order valence-electron chi connectivity index (χ3n) is 5.70. The van der Waals surface area contributed by atoms with Crippen molar-refractivity contribution in [2.24, 2.45) is 5.92 Å². The highest BCUT2D eigenvalue weighted by Gasteiger charge is 2.35. The molecule has 2 amide bonds. The van der Waals surface area contributed by atoms with Crippen molar-refractivity contribution < 1.29 is 32.9 Å². The molecule has 1 fully saturated rings. The van der Waals surface area contributed by atoms with Crippen LogP contribution in [-0.2, 0) is 35.0 Å². The number of carbonyl (C=O) groups is 3. The second-order valence-electron chi connectivity index (χ2n) is 8.91. The number of hydrogen-bond acceptors (Lipinski definition) is 9. The molecule has 0 spiro atoms. The van der Waals surface area contributed by atoms with Crippen molar-refractivity contribution in [2.75, 3.05) is 20.2 Å². The second kappa shape index (κ2) is 15.2. The van der Waals surface area contributed by atoms with Crippen LogP contribution >= 0.6 is 8.53 Å². The first kappa shape index (κ1) is 29.3. The van der Waals surface area contributed by atoms with Crippen molar-refractivity contribution in [3.63, 3.8) is 0 Å². The first-order valence-corrected chi connectivity index (χ1v) is 13.4. The molecule has 38 heavy (non-hydrogen) atoms. The van der Waals surface area contributed by atoms with Gasteiger partial charge in [-0.15, -0.1) is 0 Å². The summed E-state index contributed by atoms with van der Waals surface area (Å²) in [5.74, 6) is -0.151. The molecule has 2 aromatic rings. The molecule has 0 aromatic heterocycles. The fraction of sp³-hybridized carbons (Fsp3) is 0.370. The van der Waals surface area contributed by atoms with Crippen molar-refractivity contribution in [1.82, 2.24) is 15.3 Å². The first-order valence-electron chi connectivity index (χ1n) is 12.2. The van der Waals surface area contributed by atoms with Crippen LogP contribution in [0.15, 0.2) is 66.9 Å². The quantitative estimate of drug-likeness (QED) is 0.160. The zero-order chi connectivity index (χ0) is 27.3. The molecule has 4 unspecified atom stereocenters. The molecule has 11 heteroatoms. The molecule has 10 nitrogen and oxygen atoms in total.